The Balaban J connectivity index is 1.42. The summed E-state index contributed by atoms with van der Waals surface area (Å²) >= 11 is 0. The number of nitrogens with one attached hydrogen (secondary N) is 1. The van der Waals surface area contributed by atoms with Gasteiger partial charge >= 0.3 is 0 Å². The summed E-state index contributed by atoms with van der Waals surface area (Å²) in [7, 11) is 0. The first-order chi connectivity index (χ1) is 12.7. The molecule has 2 aromatic rings. The molecule has 1 unspecified atom stereocenters. The average Bonchev–Trinajstić information content (AvgIpc) is 2.83. The second-order valence-corrected chi connectivity index (χ2v) is 6.97. The molecule has 2 aromatic carbocycles. The summed E-state index contributed by atoms with van der Waals surface area (Å²) in [4.78, 5) is 14.3. The summed E-state index contributed by atoms with van der Waals surface area (Å²) in [5.74, 6) is 0.119. The van der Waals surface area contributed by atoms with Crippen molar-refractivity contribution in [2.75, 3.05) is 13.1 Å². The highest BCUT2D eigenvalue weighted by molar-refractivity contribution is 5.76. The molecule has 4 heteroatoms. The Bertz CT molecular complexity index is 704. The zero-order valence-corrected chi connectivity index (χ0v) is 15.2. The van der Waals surface area contributed by atoms with Gasteiger partial charge in [0.15, 0.2) is 0 Å². The van der Waals surface area contributed by atoms with Gasteiger partial charge in [-0.2, -0.15) is 0 Å². The van der Waals surface area contributed by atoms with E-state index in [9.17, 15) is 9.18 Å². The van der Waals surface area contributed by atoms with Crippen LogP contribution in [0.2, 0.25) is 0 Å². The summed E-state index contributed by atoms with van der Waals surface area (Å²) in [5.41, 5.74) is 1.96. The highest BCUT2D eigenvalue weighted by atomic mass is 19.1. The van der Waals surface area contributed by atoms with Crippen LogP contribution in [0.5, 0.6) is 0 Å². The Labute approximate surface area is 155 Å². The van der Waals surface area contributed by atoms with E-state index < -0.39 is 0 Å². The number of aryl methyl sites for hydroxylation is 1. The van der Waals surface area contributed by atoms with Crippen molar-refractivity contribution in [1.82, 2.24) is 10.2 Å². The van der Waals surface area contributed by atoms with E-state index in [0.717, 1.165) is 44.3 Å². The molecule has 3 rings (SSSR count). The molecule has 0 bridgehead atoms. The molecule has 1 fully saturated rings. The largest absolute Gasteiger partial charge is 0.338 e. The number of halogens is 1. The quantitative estimate of drug-likeness (QED) is 0.764. The van der Waals surface area contributed by atoms with Gasteiger partial charge in [-0.05, 0) is 49.4 Å². The predicted octanol–water partition coefficient (Wildman–Crippen LogP) is 3.93. The number of carbonyl (C=O) groups is 1. The van der Waals surface area contributed by atoms with Gasteiger partial charge in [0.1, 0.15) is 5.82 Å². The highest BCUT2D eigenvalue weighted by Gasteiger charge is 2.22. The van der Waals surface area contributed by atoms with Crippen molar-refractivity contribution in [2.45, 2.75) is 44.7 Å². The Morgan fingerprint density at radius 1 is 1.04 bits per heavy atom. The van der Waals surface area contributed by atoms with Crippen LogP contribution < -0.4 is 5.32 Å². The smallest absolute Gasteiger partial charge is 0.222 e. The topological polar surface area (TPSA) is 32.3 Å². The second kappa shape index (κ2) is 9.48. The minimum absolute atomic E-state index is 0.121. The Hall–Kier alpha value is -2.20. The van der Waals surface area contributed by atoms with E-state index in [2.05, 4.69) is 17.4 Å². The summed E-state index contributed by atoms with van der Waals surface area (Å²) in [6, 6.07) is 17.5. The molecule has 1 saturated heterocycles. The molecule has 1 amide bonds. The fourth-order valence-electron chi connectivity index (χ4n) is 3.50. The monoisotopic (exact) mass is 354 g/mol. The van der Waals surface area contributed by atoms with Gasteiger partial charge in [-0.25, -0.2) is 4.39 Å². The third-order valence-electron chi connectivity index (χ3n) is 5.04. The molecule has 1 heterocycles. The van der Waals surface area contributed by atoms with Gasteiger partial charge in [-0.1, -0.05) is 48.5 Å². The lowest BCUT2D eigenvalue weighted by molar-refractivity contribution is -0.131. The number of rotatable bonds is 7. The first-order valence-corrected chi connectivity index (χ1v) is 9.51. The number of hydrogen-bond donors (Lipinski definition) is 1. The molecular formula is C22H27FN2O. The maximum absolute atomic E-state index is 13.6. The highest BCUT2D eigenvalue weighted by Crippen LogP contribution is 2.16. The normalized spacial score (nSPS) is 18.0. The summed E-state index contributed by atoms with van der Waals surface area (Å²) in [6.07, 6.45) is 4.09. The van der Waals surface area contributed by atoms with E-state index in [4.69, 9.17) is 0 Å². The van der Waals surface area contributed by atoms with Crippen LogP contribution in [0.3, 0.4) is 0 Å². The van der Waals surface area contributed by atoms with Gasteiger partial charge in [-0.3, -0.25) is 4.79 Å². The van der Waals surface area contributed by atoms with Crippen molar-refractivity contribution in [3.8, 4) is 0 Å². The third kappa shape index (κ3) is 5.40. The van der Waals surface area contributed by atoms with Gasteiger partial charge in [0.25, 0.3) is 0 Å². The zero-order valence-electron chi connectivity index (χ0n) is 15.2. The minimum Gasteiger partial charge on any atom is -0.338 e. The molecule has 3 nitrogen and oxygen atoms in total. The molecule has 138 valence electrons. The molecule has 1 aliphatic heterocycles. The zero-order chi connectivity index (χ0) is 18.2. The van der Waals surface area contributed by atoms with Crippen LogP contribution in [0, 0.1) is 5.82 Å². The van der Waals surface area contributed by atoms with Crippen LogP contribution in [0.4, 0.5) is 4.39 Å². The lowest BCUT2D eigenvalue weighted by Gasteiger charge is -2.21. The van der Waals surface area contributed by atoms with Crippen molar-refractivity contribution in [1.29, 1.82) is 0 Å². The maximum atomic E-state index is 13.6. The van der Waals surface area contributed by atoms with E-state index in [1.54, 1.807) is 6.07 Å². The molecule has 0 spiro atoms. The lowest BCUT2D eigenvalue weighted by Crippen LogP contribution is -2.32. The van der Waals surface area contributed by atoms with Crippen molar-refractivity contribution >= 4 is 5.91 Å². The molecule has 1 aliphatic rings. The molecular weight excluding hydrogens is 327 g/mol. The standard InChI is InChI=1S/C22H27FN2O/c23-21-11-5-4-9-19(21)10-6-15-24-20-12-13-22(26)25(16-14-20)17-18-7-2-1-3-8-18/h1-5,7-9,11,20,24H,6,10,12-17H2. The van der Waals surface area contributed by atoms with Gasteiger partial charge < -0.3 is 10.2 Å². The van der Waals surface area contributed by atoms with Gasteiger partial charge in [0.2, 0.25) is 5.91 Å². The van der Waals surface area contributed by atoms with Gasteiger partial charge in [-0.15, -0.1) is 0 Å². The van der Waals surface area contributed by atoms with Gasteiger partial charge in [0.05, 0.1) is 0 Å². The summed E-state index contributed by atoms with van der Waals surface area (Å²) in [6.45, 7) is 2.34. The maximum Gasteiger partial charge on any atom is 0.222 e. The molecule has 1 atom stereocenters. The van der Waals surface area contributed by atoms with Crippen LogP contribution in [0.1, 0.15) is 36.8 Å². The number of amides is 1. The van der Waals surface area contributed by atoms with Crippen molar-refractivity contribution in [3.05, 3.63) is 71.5 Å². The molecule has 0 aromatic heterocycles. The Morgan fingerprint density at radius 2 is 1.81 bits per heavy atom. The Kier molecular flexibility index (Phi) is 6.78. The van der Waals surface area contributed by atoms with Crippen LogP contribution in [0.25, 0.3) is 0 Å². The fraction of sp³-hybridized carbons (Fsp3) is 0.409. The fourth-order valence-corrected chi connectivity index (χ4v) is 3.50. The average molecular weight is 354 g/mol. The predicted molar refractivity (Wildman–Crippen MR) is 102 cm³/mol. The van der Waals surface area contributed by atoms with E-state index in [1.807, 2.05) is 35.2 Å². The number of likely N-dealkylation sites (tertiary alicyclic amines) is 1. The van der Waals surface area contributed by atoms with Crippen LogP contribution in [-0.4, -0.2) is 29.9 Å². The van der Waals surface area contributed by atoms with Crippen LogP contribution >= 0.6 is 0 Å². The summed E-state index contributed by atoms with van der Waals surface area (Å²) in [5, 5.41) is 3.55. The van der Waals surface area contributed by atoms with Crippen LogP contribution in [-0.2, 0) is 17.8 Å². The molecule has 26 heavy (non-hydrogen) atoms. The number of hydrogen-bond acceptors (Lipinski definition) is 2. The van der Waals surface area contributed by atoms with E-state index in [1.165, 1.54) is 11.6 Å². The Morgan fingerprint density at radius 3 is 2.62 bits per heavy atom. The van der Waals surface area contributed by atoms with Crippen LogP contribution in [0.15, 0.2) is 54.6 Å². The third-order valence-corrected chi connectivity index (χ3v) is 5.04. The van der Waals surface area contributed by atoms with Gasteiger partial charge in [0, 0.05) is 25.6 Å². The number of benzene rings is 2. The molecule has 0 aliphatic carbocycles. The SMILES string of the molecule is O=C1CCC(NCCCc2ccccc2F)CCN1Cc1ccccc1. The van der Waals surface area contributed by atoms with E-state index in [-0.39, 0.29) is 11.7 Å². The van der Waals surface area contributed by atoms with E-state index in [0.29, 0.717) is 19.0 Å². The summed E-state index contributed by atoms with van der Waals surface area (Å²) < 4.78 is 13.6. The molecule has 1 N–H and O–H groups in total. The van der Waals surface area contributed by atoms with Crippen molar-refractivity contribution < 1.29 is 9.18 Å². The van der Waals surface area contributed by atoms with Crippen molar-refractivity contribution in [2.24, 2.45) is 0 Å². The first-order valence-electron chi connectivity index (χ1n) is 9.51. The van der Waals surface area contributed by atoms with E-state index >= 15 is 0 Å². The molecule has 0 saturated carbocycles. The molecule has 0 radical (unpaired) electrons. The number of carbonyl (C=O) groups excluding carboxylic acids is 1. The van der Waals surface area contributed by atoms with Crippen molar-refractivity contribution in [3.63, 3.8) is 0 Å². The second-order valence-electron chi connectivity index (χ2n) is 6.97. The number of nitrogens with zero attached hydrogens (tertiary/aromatic N) is 1. The lowest BCUT2D eigenvalue weighted by atomic mass is 10.1. The first kappa shape index (κ1) is 18.6. The minimum atomic E-state index is -0.121.